The van der Waals surface area contributed by atoms with Crippen molar-refractivity contribution in [1.82, 2.24) is 0 Å². The summed E-state index contributed by atoms with van der Waals surface area (Å²) in [5.74, 6) is -1.42. The van der Waals surface area contributed by atoms with E-state index in [1.807, 2.05) is 0 Å². The number of carboxylic acid groups (broad SMARTS) is 2. The number of hydrogen-bond donors (Lipinski definition) is 2. The summed E-state index contributed by atoms with van der Waals surface area (Å²) >= 11 is 0. The first-order valence-corrected chi connectivity index (χ1v) is 10.7. The SMILES string of the molecule is CCCCCCCC(C(C)CC)(C(C)CC)C(CCCC(=O)O)C(=O)O. The van der Waals surface area contributed by atoms with Crippen molar-refractivity contribution in [3.63, 3.8) is 0 Å². The van der Waals surface area contributed by atoms with Crippen LogP contribution >= 0.6 is 0 Å². The zero-order valence-electron chi connectivity index (χ0n) is 17.7. The van der Waals surface area contributed by atoms with E-state index in [0.717, 1.165) is 32.1 Å². The molecule has 0 aliphatic rings. The van der Waals surface area contributed by atoms with Crippen LogP contribution in [-0.2, 0) is 9.59 Å². The first-order valence-electron chi connectivity index (χ1n) is 10.7. The first-order chi connectivity index (χ1) is 12.3. The summed E-state index contributed by atoms with van der Waals surface area (Å²) in [5.41, 5.74) is -0.250. The van der Waals surface area contributed by atoms with E-state index in [1.54, 1.807) is 0 Å². The van der Waals surface area contributed by atoms with Crippen LogP contribution in [0.1, 0.15) is 105 Å². The lowest BCUT2D eigenvalue weighted by Gasteiger charge is -2.48. The van der Waals surface area contributed by atoms with E-state index in [2.05, 4.69) is 34.6 Å². The molecule has 0 fully saturated rings. The summed E-state index contributed by atoms with van der Waals surface area (Å²) in [5, 5.41) is 19.0. The van der Waals surface area contributed by atoms with Crippen LogP contribution in [0.25, 0.3) is 0 Å². The van der Waals surface area contributed by atoms with Crippen molar-refractivity contribution in [3.05, 3.63) is 0 Å². The maximum absolute atomic E-state index is 12.3. The van der Waals surface area contributed by atoms with Gasteiger partial charge in [-0.25, -0.2) is 0 Å². The van der Waals surface area contributed by atoms with Crippen LogP contribution in [0.5, 0.6) is 0 Å². The fourth-order valence-corrected chi connectivity index (χ4v) is 4.71. The van der Waals surface area contributed by atoms with Gasteiger partial charge in [-0.3, -0.25) is 9.59 Å². The Labute approximate surface area is 160 Å². The van der Waals surface area contributed by atoms with Gasteiger partial charge < -0.3 is 10.2 Å². The molecule has 154 valence electrons. The molecule has 0 aromatic carbocycles. The maximum atomic E-state index is 12.3. The van der Waals surface area contributed by atoms with Gasteiger partial charge in [0.25, 0.3) is 0 Å². The molecule has 0 spiro atoms. The Morgan fingerprint density at radius 2 is 1.38 bits per heavy atom. The highest BCUT2D eigenvalue weighted by Gasteiger charge is 2.48. The van der Waals surface area contributed by atoms with Gasteiger partial charge >= 0.3 is 11.9 Å². The summed E-state index contributed by atoms with van der Waals surface area (Å²) in [7, 11) is 0. The predicted octanol–water partition coefficient (Wildman–Crippen LogP) is 6.38. The van der Waals surface area contributed by atoms with Crippen molar-refractivity contribution in [2.24, 2.45) is 23.2 Å². The average Bonchev–Trinajstić information content (AvgIpc) is 2.60. The highest BCUT2D eigenvalue weighted by molar-refractivity contribution is 5.71. The Kier molecular flexibility index (Phi) is 12.6. The molecule has 4 heteroatoms. The summed E-state index contributed by atoms with van der Waals surface area (Å²) in [6.45, 7) is 10.9. The molecule has 4 nitrogen and oxygen atoms in total. The number of rotatable bonds is 16. The molecule has 3 atom stereocenters. The van der Waals surface area contributed by atoms with E-state index in [1.165, 1.54) is 19.3 Å². The van der Waals surface area contributed by atoms with Gasteiger partial charge in [0.1, 0.15) is 0 Å². The highest BCUT2D eigenvalue weighted by Crippen LogP contribution is 2.51. The third-order valence-corrected chi connectivity index (χ3v) is 6.60. The van der Waals surface area contributed by atoms with Crippen molar-refractivity contribution in [2.45, 2.75) is 105 Å². The van der Waals surface area contributed by atoms with Gasteiger partial charge in [0.05, 0.1) is 5.92 Å². The van der Waals surface area contributed by atoms with Gasteiger partial charge in [0, 0.05) is 6.42 Å². The monoisotopic (exact) mass is 370 g/mol. The lowest BCUT2D eigenvalue weighted by molar-refractivity contribution is -0.153. The summed E-state index contributed by atoms with van der Waals surface area (Å²) in [6.07, 6.45) is 9.69. The van der Waals surface area contributed by atoms with Crippen LogP contribution < -0.4 is 0 Å². The molecule has 0 bridgehead atoms. The fourth-order valence-electron chi connectivity index (χ4n) is 4.71. The van der Waals surface area contributed by atoms with E-state index in [0.29, 0.717) is 24.7 Å². The molecule has 0 aromatic heterocycles. The number of aliphatic carboxylic acids is 2. The van der Waals surface area contributed by atoms with Crippen molar-refractivity contribution in [1.29, 1.82) is 0 Å². The van der Waals surface area contributed by atoms with Crippen LogP contribution in [0.3, 0.4) is 0 Å². The fraction of sp³-hybridized carbons (Fsp3) is 0.909. The Morgan fingerprint density at radius 3 is 1.81 bits per heavy atom. The Hall–Kier alpha value is -1.06. The zero-order valence-corrected chi connectivity index (χ0v) is 17.7. The second-order valence-electron chi connectivity index (χ2n) is 8.07. The van der Waals surface area contributed by atoms with Gasteiger partial charge in [-0.2, -0.15) is 0 Å². The molecule has 0 saturated carbocycles. The minimum Gasteiger partial charge on any atom is -0.481 e. The molecule has 26 heavy (non-hydrogen) atoms. The highest BCUT2D eigenvalue weighted by atomic mass is 16.4. The van der Waals surface area contributed by atoms with E-state index in [9.17, 15) is 14.7 Å². The van der Waals surface area contributed by atoms with Gasteiger partial charge in [-0.1, -0.05) is 79.6 Å². The molecule has 3 unspecified atom stereocenters. The third-order valence-electron chi connectivity index (χ3n) is 6.60. The van der Waals surface area contributed by atoms with Gasteiger partial charge in [-0.05, 0) is 36.5 Å². The number of carboxylic acids is 2. The summed E-state index contributed by atoms with van der Waals surface area (Å²) in [4.78, 5) is 23.2. The molecule has 0 radical (unpaired) electrons. The zero-order chi connectivity index (χ0) is 20.2. The smallest absolute Gasteiger partial charge is 0.307 e. The van der Waals surface area contributed by atoms with Crippen LogP contribution in [0.2, 0.25) is 0 Å². The molecule has 0 heterocycles. The van der Waals surface area contributed by atoms with Crippen LogP contribution in [0.15, 0.2) is 0 Å². The largest absolute Gasteiger partial charge is 0.481 e. The second-order valence-corrected chi connectivity index (χ2v) is 8.07. The molecule has 0 aliphatic carbocycles. The second kappa shape index (κ2) is 13.2. The van der Waals surface area contributed by atoms with Gasteiger partial charge in [-0.15, -0.1) is 0 Å². The molecule has 0 aromatic rings. The van der Waals surface area contributed by atoms with Crippen molar-refractivity contribution < 1.29 is 19.8 Å². The third kappa shape index (κ3) is 7.28. The predicted molar refractivity (Wildman–Crippen MR) is 107 cm³/mol. The van der Waals surface area contributed by atoms with Crippen molar-refractivity contribution >= 4 is 11.9 Å². The standard InChI is InChI=1S/C22H42O4/c1-6-9-10-11-12-16-22(17(4)7-2,18(5)8-3)19(21(25)26)14-13-15-20(23)24/h17-19H,6-16H2,1-5H3,(H,23,24)(H,25,26). The molecule has 0 saturated heterocycles. The van der Waals surface area contributed by atoms with E-state index in [4.69, 9.17) is 5.11 Å². The average molecular weight is 371 g/mol. The first kappa shape index (κ1) is 24.9. The summed E-state index contributed by atoms with van der Waals surface area (Å²) < 4.78 is 0. The van der Waals surface area contributed by atoms with E-state index >= 15 is 0 Å². The topological polar surface area (TPSA) is 74.6 Å². The van der Waals surface area contributed by atoms with Crippen LogP contribution in [0.4, 0.5) is 0 Å². The molecule has 2 N–H and O–H groups in total. The molecule has 0 rings (SSSR count). The summed E-state index contributed by atoms with van der Waals surface area (Å²) in [6, 6.07) is 0. The minimum absolute atomic E-state index is 0.0529. The van der Waals surface area contributed by atoms with Crippen LogP contribution in [0, 0.1) is 23.2 Å². The van der Waals surface area contributed by atoms with E-state index in [-0.39, 0.29) is 11.8 Å². The molecular weight excluding hydrogens is 328 g/mol. The normalized spacial score (nSPS) is 17.3. The number of hydrogen-bond acceptors (Lipinski definition) is 2. The van der Waals surface area contributed by atoms with Gasteiger partial charge in [0.15, 0.2) is 0 Å². The quantitative estimate of drug-likeness (QED) is 0.309. The van der Waals surface area contributed by atoms with Crippen molar-refractivity contribution in [3.8, 4) is 0 Å². The van der Waals surface area contributed by atoms with Crippen LogP contribution in [-0.4, -0.2) is 22.2 Å². The lowest BCUT2D eigenvalue weighted by Crippen LogP contribution is -2.46. The number of carbonyl (C=O) groups is 2. The molecule has 0 amide bonds. The molecule has 0 aliphatic heterocycles. The maximum Gasteiger partial charge on any atom is 0.307 e. The number of unbranched alkanes of at least 4 members (excludes halogenated alkanes) is 4. The Balaban J connectivity index is 5.55. The minimum atomic E-state index is -0.841. The molecular formula is C22H42O4. The lowest BCUT2D eigenvalue weighted by atomic mass is 9.55. The Morgan fingerprint density at radius 1 is 0.846 bits per heavy atom. The van der Waals surface area contributed by atoms with Crippen molar-refractivity contribution in [2.75, 3.05) is 0 Å². The van der Waals surface area contributed by atoms with E-state index < -0.39 is 17.9 Å². The Bertz CT molecular complexity index is 395. The van der Waals surface area contributed by atoms with Gasteiger partial charge in [0.2, 0.25) is 0 Å².